The van der Waals surface area contributed by atoms with E-state index in [4.69, 9.17) is 16.7 Å². The zero-order valence-electron chi connectivity index (χ0n) is 10.4. The maximum absolute atomic E-state index is 11.9. The Kier molecular flexibility index (Phi) is 4.57. The monoisotopic (exact) mass is 316 g/mol. The van der Waals surface area contributed by atoms with Crippen molar-refractivity contribution < 1.29 is 9.90 Å². The van der Waals surface area contributed by atoms with Gasteiger partial charge in [-0.15, -0.1) is 22.7 Å². The maximum atomic E-state index is 11.9. The summed E-state index contributed by atoms with van der Waals surface area (Å²) in [7, 11) is 0. The average molecular weight is 317 g/mol. The molecule has 0 fully saturated rings. The Morgan fingerprint density at radius 3 is 2.84 bits per heavy atom. The molecule has 19 heavy (non-hydrogen) atoms. The number of carbonyl (C=O) groups excluding carboxylic acids is 1. The Hall–Kier alpha value is -0.950. The van der Waals surface area contributed by atoms with Gasteiger partial charge in [0.05, 0.1) is 21.0 Å². The van der Waals surface area contributed by atoms with Crippen LogP contribution in [-0.4, -0.2) is 28.6 Å². The lowest BCUT2D eigenvalue weighted by Gasteiger charge is -2.05. The second kappa shape index (κ2) is 6.00. The van der Waals surface area contributed by atoms with Crippen LogP contribution in [0.5, 0.6) is 0 Å². The quantitative estimate of drug-likeness (QED) is 0.911. The highest BCUT2D eigenvalue weighted by Gasteiger charge is 2.17. The van der Waals surface area contributed by atoms with E-state index in [1.54, 1.807) is 13.8 Å². The molecule has 2 rings (SSSR count). The van der Waals surface area contributed by atoms with Crippen LogP contribution in [0.1, 0.15) is 22.3 Å². The topological polar surface area (TPSA) is 62.2 Å². The van der Waals surface area contributed by atoms with E-state index < -0.39 is 6.10 Å². The number of thiophene rings is 1. The standard InChI is InChI=1S/C12H13ClN2O2S2/c1-6(16)5-14-11(17)10-7(2)15-12(19-10)8-3-4-9(13)18-8/h3-4,6,16H,5H2,1-2H3,(H,14,17). The third-order valence-electron chi connectivity index (χ3n) is 2.34. The van der Waals surface area contributed by atoms with E-state index in [0.717, 1.165) is 9.88 Å². The normalized spacial score (nSPS) is 12.4. The number of halogens is 1. The predicted octanol–water partition coefficient (Wildman–Crippen LogP) is 2.94. The minimum absolute atomic E-state index is 0.204. The fraction of sp³-hybridized carbons (Fsp3) is 0.333. The molecule has 2 aromatic rings. The summed E-state index contributed by atoms with van der Waals surface area (Å²) in [5.41, 5.74) is 0.688. The van der Waals surface area contributed by atoms with Gasteiger partial charge in [-0.1, -0.05) is 11.6 Å². The highest BCUT2D eigenvalue weighted by molar-refractivity contribution is 7.24. The SMILES string of the molecule is Cc1nc(-c2ccc(Cl)s2)sc1C(=O)NCC(C)O. The summed E-state index contributed by atoms with van der Waals surface area (Å²) in [6.45, 7) is 3.65. The Morgan fingerprint density at radius 2 is 2.26 bits per heavy atom. The first-order chi connectivity index (χ1) is 8.97. The van der Waals surface area contributed by atoms with Gasteiger partial charge in [0, 0.05) is 6.54 Å². The summed E-state index contributed by atoms with van der Waals surface area (Å²) >= 11 is 8.66. The highest BCUT2D eigenvalue weighted by Crippen LogP contribution is 2.34. The van der Waals surface area contributed by atoms with E-state index in [1.807, 2.05) is 12.1 Å². The molecule has 2 N–H and O–H groups in total. The number of nitrogens with zero attached hydrogens (tertiary/aromatic N) is 1. The smallest absolute Gasteiger partial charge is 0.263 e. The zero-order chi connectivity index (χ0) is 14.0. The van der Waals surface area contributed by atoms with Crippen LogP contribution in [0.4, 0.5) is 0 Å². The number of hydrogen-bond donors (Lipinski definition) is 2. The molecule has 0 spiro atoms. The van der Waals surface area contributed by atoms with Crippen LogP contribution in [0.25, 0.3) is 9.88 Å². The molecule has 0 aliphatic carbocycles. The van der Waals surface area contributed by atoms with Gasteiger partial charge in [0.15, 0.2) is 0 Å². The summed E-state index contributed by atoms with van der Waals surface area (Å²) in [5.74, 6) is -0.204. The molecule has 4 nitrogen and oxygen atoms in total. The molecule has 0 bridgehead atoms. The molecule has 0 aromatic carbocycles. The number of aryl methyl sites for hydroxylation is 1. The first kappa shape index (κ1) is 14.5. The molecule has 0 saturated carbocycles. The minimum Gasteiger partial charge on any atom is -0.392 e. The Morgan fingerprint density at radius 1 is 1.53 bits per heavy atom. The van der Waals surface area contributed by atoms with Crippen molar-refractivity contribution in [2.45, 2.75) is 20.0 Å². The summed E-state index contributed by atoms with van der Waals surface area (Å²) in [6, 6.07) is 3.70. The molecule has 0 saturated heterocycles. The fourth-order valence-electron chi connectivity index (χ4n) is 1.46. The number of aliphatic hydroxyl groups is 1. The third kappa shape index (κ3) is 3.54. The number of thiazole rings is 1. The molecule has 7 heteroatoms. The van der Waals surface area contributed by atoms with Crippen molar-refractivity contribution in [1.82, 2.24) is 10.3 Å². The lowest BCUT2D eigenvalue weighted by atomic mass is 10.3. The Balaban J connectivity index is 2.19. The molecule has 0 radical (unpaired) electrons. The van der Waals surface area contributed by atoms with Crippen LogP contribution >= 0.6 is 34.3 Å². The first-order valence-corrected chi connectivity index (χ1v) is 7.68. The highest BCUT2D eigenvalue weighted by atomic mass is 35.5. The van der Waals surface area contributed by atoms with Crippen molar-refractivity contribution >= 4 is 40.2 Å². The van der Waals surface area contributed by atoms with Gasteiger partial charge < -0.3 is 10.4 Å². The van der Waals surface area contributed by atoms with Crippen LogP contribution in [0.3, 0.4) is 0 Å². The van der Waals surface area contributed by atoms with Gasteiger partial charge in [-0.25, -0.2) is 4.98 Å². The van der Waals surface area contributed by atoms with Crippen molar-refractivity contribution in [3.05, 3.63) is 27.0 Å². The minimum atomic E-state index is -0.562. The van der Waals surface area contributed by atoms with Gasteiger partial charge in [-0.2, -0.15) is 0 Å². The summed E-state index contributed by atoms with van der Waals surface area (Å²) in [5, 5.41) is 12.6. The molecule has 0 aliphatic heterocycles. The first-order valence-electron chi connectivity index (χ1n) is 5.66. The van der Waals surface area contributed by atoms with Gasteiger partial charge in [0.1, 0.15) is 9.88 Å². The molecule has 1 amide bonds. The van der Waals surface area contributed by atoms with E-state index >= 15 is 0 Å². The van der Waals surface area contributed by atoms with Crippen molar-refractivity contribution in [3.8, 4) is 9.88 Å². The van der Waals surface area contributed by atoms with Crippen molar-refractivity contribution in [2.75, 3.05) is 6.54 Å². The van der Waals surface area contributed by atoms with Crippen LogP contribution in [0.2, 0.25) is 4.34 Å². The average Bonchev–Trinajstić information content (AvgIpc) is 2.92. The van der Waals surface area contributed by atoms with Crippen LogP contribution in [0.15, 0.2) is 12.1 Å². The number of aliphatic hydroxyl groups excluding tert-OH is 1. The largest absolute Gasteiger partial charge is 0.392 e. The Labute approximate surface area is 124 Å². The van der Waals surface area contributed by atoms with Gasteiger partial charge in [-0.3, -0.25) is 4.79 Å². The molecular formula is C12H13ClN2O2S2. The Bertz CT molecular complexity index is 592. The molecule has 2 aromatic heterocycles. The maximum Gasteiger partial charge on any atom is 0.263 e. The van der Waals surface area contributed by atoms with Crippen LogP contribution in [-0.2, 0) is 0 Å². The van der Waals surface area contributed by atoms with E-state index in [2.05, 4.69) is 10.3 Å². The zero-order valence-corrected chi connectivity index (χ0v) is 12.8. The molecule has 102 valence electrons. The second-order valence-corrected chi connectivity index (χ2v) is 6.81. The van der Waals surface area contributed by atoms with E-state index in [0.29, 0.717) is 14.9 Å². The molecule has 1 atom stereocenters. The predicted molar refractivity (Wildman–Crippen MR) is 79.2 cm³/mol. The number of amides is 1. The van der Waals surface area contributed by atoms with Crippen molar-refractivity contribution in [3.63, 3.8) is 0 Å². The summed E-state index contributed by atoms with van der Waals surface area (Å²) in [4.78, 5) is 17.9. The number of carbonyl (C=O) groups is 1. The van der Waals surface area contributed by atoms with Crippen LogP contribution < -0.4 is 5.32 Å². The van der Waals surface area contributed by atoms with E-state index in [1.165, 1.54) is 22.7 Å². The number of aromatic nitrogens is 1. The molecule has 2 heterocycles. The number of nitrogens with one attached hydrogen (secondary N) is 1. The molecule has 1 unspecified atom stereocenters. The van der Waals surface area contributed by atoms with E-state index in [9.17, 15) is 4.79 Å². The second-order valence-electron chi connectivity index (χ2n) is 4.10. The van der Waals surface area contributed by atoms with Crippen LogP contribution in [0, 0.1) is 6.92 Å². The van der Waals surface area contributed by atoms with Gasteiger partial charge in [-0.05, 0) is 26.0 Å². The van der Waals surface area contributed by atoms with Gasteiger partial charge in [0.2, 0.25) is 0 Å². The van der Waals surface area contributed by atoms with Crippen molar-refractivity contribution in [2.24, 2.45) is 0 Å². The summed E-state index contributed by atoms with van der Waals surface area (Å²) < 4.78 is 0.697. The van der Waals surface area contributed by atoms with Gasteiger partial charge in [0.25, 0.3) is 5.91 Å². The number of rotatable bonds is 4. The van der Waals surface area contributed by atoms with Gasteiger partial charge >= 0.3 is 0 Å². The fourth-order valence-corrected chi connectivity index (χ4v) is 3.54. The lowest BCUT2D eigenvalue weighted by Crippen LogP contribution is -2.30. The number of hydrogen-bond acceptors (Lipinski definition) is 5. The molecular weight excluding hydrogens is 304 g/mol. The van der Waals surface area contributed by atoms with Crippen molar-refractivity contribution in [1.29, 1.82) is 0 Å². The molecule has 0 aliphatic rings. The lowest BCUT2D eigenvalue weighted by molar-refractivity contribution is 0.0927. The van der Waals surface area contributed by atoms with E-state index in [-0.39, 0.29) is 12.5 Å². The summed E-state index contributed by atoms with van der Waals surface area (Å²) in [6.07, 6.45) is -0.562. The third-order valence-corrected chi connectivity index (χ3v) is 4.90.